The molecule has 25 heavy (non-hydrogen) atoms. The first-order chi connectivity index (χ1) is 12.0. The lowest BCUT2D eigenvalue weighted by Crippen LogP contribution is -2.32. The highest BCUT2D eigenvalue weighted by atomic mass is 79.9. The van der Waals surface area contributed by atoms with E-state index in [1.807, 2.05) is 31.2 Å². The smallest absolute Gasteiger partial charge is 0.251 e. The summed E-state index contributed by atoms with van der Waals surface area (Å²) in [7, 11) is 0. The van der Waals surface area contributed by atoms with Gasteiger partial charge in [0.25, 0.3) is 5.91 Å². The minimum absolute atomic E-state index is 0.0630. The third-order valence-corrected chi connectivity index (χ3v) is 4.54. The van der Waals surface area contributed by atoms with Crippen LogP contribution >= 0.6 is 27.5 Å². The molecular weight excluding hydrogens is 404 g/mol. The second-order valence-electron chi connectivity index (χ2n) is 5.59. The largest absolute Gasteiger partial charge is 0.352 e. The van der Waals surface area contributed by atoms with E-state index in [1.54, 1.807) is 24.3 Å². The molecule has 0 aliphatic rings. The number of hydrogen-bond donors (Lipinski definition) is 2. The van der Waals surface area contributed by atoms with E-state index in [0.29, 0.717) is 10.6 Å². The molecule has 2 amide bonds. The molecule has 0 radical (unpaired) electrons. The van der Waals surface area contributed by atoms with Crippen molar-refractivity contribution in [3.8, 4) is 0 Å². The normalized spacial score (nSPS) is 11.6. The van der Waals surface area contributed by atoms with Gasteiger partial charge in [-0.2, -0.15) is 0 Å². The summed E-state index contributed by atoms with van der Waals surface area (Å²) < 4.78 is 0.913. The summed E-state index contributed by atoms with van der Waals surface area (Å²) >= 11 is 9.22. The Morgan fingerprint density at radius 1 is 1.08 bits per heavy atom. The zero-order chi connectivity index (χ0) is 18.2. The first-order valence-electron chi connectivity index (χ1n) is 8.08. The van der Waals surface area contributed by atoms with Gasteiger partial charge in [0.1, 0.15) is 0 Å². The molecule has 2 aromatic carbocycles. The molecule has 4 nitrogen and oxygen atoms in total. The van der Waals surface area contributed by atoms with Crippen molar-refractivity contribution in [3.63, 3.8) is 0 Å². The van der Waals surface area contributed by atoms with Crippen LogP contribution in [-0.2, 0) is 4.79 Å². The van der Waals surface area contributed by atoms with Crippen LogP contribution < -0.4 is 10.6 Å². The molecule has 0 aliphatic carbocycles. The molecule has 0 saturated heterocycles. The van der Waals surface area contributed by atoms with Crippen LogP contribution in [0, 0.1) is 0 Å². The number of halogens is 2. The van der Waals surface area contributed by atoms with E-state index in [1.165, 1.54) is 0 Å². The second-order valence-corrected chi connectivity index (χ2v) is 6.94. The van der Waals surface area contributed by atoms with E-state index in [2.05, 4.69) is 26.6 Å². The Bertz CT molecular complexity index is 717. The van der Waals surface area contributed by atoms with Crippen LogP contribution in [0.15, 0.2) is 53.0 Å². The van der Waals surface area contributed by atoms with E-state index < -0.39 is 0 Å². The molecular formula is C19H20BrClN2O2. The maximum absolute atomic E-state index is 12.1. The van der Waals surface area contributed by atoms with Crippen molar-refractivity contribution in [2.24, 2.45) is 0 Å². The van der Waals surface area contributed by atoms with E-state index in [0.717, 1.165) is 16.5 Å². The Morgan fingerprint density at radius 3 is 2.32 bits per heavy atom. The number of hydrogen-bond acceptors (Lipinski definition) is 2. The Hall–Kier alpha value is -1.85. The topological polar surface area (TPSA) is 58.2 Å². The number of carbonyl (C=O) groups is 2. The zero-order valence-corrected chi connectivity index (χ0v) is 16.2. The zero-order valence-electron chi connectivity index (χ0n) is 13.9. The lowest BCUT2D eigenvalue weighted by Gasteiger charge is -2.17. The van der Waals surface area contributed by atoms with Crippen molar-refractivity contribution in [2.75, 3.05) is 6.54 Å². The number of nitrogens with one attached hydrogen (secondary N) is 2. The van der Waals surface area contributed by atoms with Crippen LogP contribution in [0.1, 0.15) is 41.7 Å². The summed E-state index contributed by atoms with van der Waals surface area (Å²) in [6.45, 7) is 2.30. The van der Waals surface area contributed by atoms with E-state index >= 15 is 0 Å². The average molecular weight is 424 g/mol. The molecule has 0 bridgehead atoms. The Balaban J connectivity index is 1.80. The van der Waals surface area contributed by atoms with Crippen molar-refractivity contribution in [3.05, 3.63) is 69.2 Å². The summed E-state index contributed by atoms with van der Waals surface area (Å²) in [4.78, 5) is 24.1. The van der Waals surface area contributed by atoms with Gasteiger partial charge >= 0.3 is 0 Å². The predicted molar refractivity (Wildman–Crippen MR) is 104 cm³/mol. The van der Waals surface area contributed by atoms with E-state index in [9.17, 15) is 9.59 Å². The van der Waals surface area contributed by atoms with Crippen molar-refractivity contribution in [1.82, 2.24) is 10.6 Å². The number of rotatable bonds is 7. The van der Waals surface area contributed by atoms with E-state index in [-0.39, 0.29) is 30.8 Å². The number of amides is 2. The fraction of sp³-hybridized carbons (Fsp3) is 0.263. The average Bonchev–Trinajstić information content (AvgIpc) is 2.61. The first-order valence-corrected chi connectivity index (χ1v) is 9.25. The molecule has 0 aliphatic heterocycles. The van der Waals surface area contributed by atoms with Crippen LogP contribution in [0.2, 0.25) is 5.02 Å². The summed E-state index contributed by atoms with van der Waals surface area (Å²) in [6.07, 6.45) is 1.00. The van der Waals surface area contributed by atoms with Crippen LogP contribution in [0.5, 0.6) is 0 Å². The van der Waals surface area contributed by atoms with Gasteiger partial charge in [0.05, 0.1) is 6.04 Å². The van der Waals surface area contributed by atoms with Gasteiger partial charge in [-0.05, 0) is 48.4 Å². The van der Waals surface area contributed by atoms with Crippen LogP contribution in [0.4, 0.5) is 0 Å². The molecule has 0 saturated carbocycles. The molecule has 132 valence electrons. The van der Waals surface area contributed by atoms with Gasteiger partial charge in [-0.15, -0.1) is 0 Å². The molecule has 1 unspecified atom stereocenters. The van der Waals surface area contributed by atoms with Gasteiger partial charge in [0.2, 0.25) is 5.91 Å². The van der Waals surface area contributed by atoms with Crippen molar-refractivity contribution >= 4 is 39.3 Å². The molecule has 1 atom stereocenters. The highest BCUT2D eigenvalue weighted by molar-refractivity contribution is 9.10. The highest BCUT2D eigenvalue weighted by Crippen LogP contribution is 2.19. The molecule has 6 heteroatoms. The lowest BCUT2D eigenvalue weighted by molar-refractivity contribution is -0.121. The van der Waals surface area contributed by atoms with Crippen LogP contribution in [-0.4, -0.2) is 18.4 Å². The Kier molecular flexibility index (Phi) is 7.47. The third kappa shape index (κ3) is 6.18. The minimum atomic E-state index is -0.190. The quantitative estimate of drug-likeness (QED) is 0.689. The Morgan fingerprint density at radius 2 is 1.72 bits per heavy atom. The van der Waals surface area contributed by atoms with Crippen molar-refractivity contribution < 1.29 is 9.59 Å². The molecule has 0 heterocycles. The fourth-order valence-electron chi connectivity index (χ4n) is 2.38. The monoisotopic (exact) mass is 422 g/mol. The van der Waals surface area contributed by atoms with Gasteiger partial charge in [-0.25, -0.2) is 0 Å². The summed E-state index contributed by atoms with van der Waals surface area (Å²) in [6, 6.07) is 14.4. The fourth-order valence-corrected chi connectivity index (χ4v) is 2.77. The summed E-state index contributed by atoms with van der Waals surface area (Å²) in [5.41, 5.74) is 1.58. The number of carbonyl (C=O) groups excluding carboxylic acids is 2. The van der Waals surface area contributed by atoms with Gasteiger partial charge in [-0.3, -0.25) is 9.59 Å². The highest BCUT2D eigenvalue weighted by Gasteiger charge is 2.13. The van der Waals surface area contributed by atoms with Crippen molar-refractivity contribution in [2.45, 2.75) is 25.8 Å². The first kappa shape index (κ1) is 19.5. The number of benzene rings is 2. The lowest BCUT2D eigenvalue weighted by atomic mass is 10.0. The van der Waals surface area contributed by atoms with E-state index in [4.69, 9.17) is 11.6 Å². The second kappa shape index (κ2) is 9.59. The molecule has 0 spiro atoms. The van der Waals surface area contributed by atoms with Gasteiger partial charge in [0, 0.05) is 28.0 Å². The molecule has 0 aromatic heterocycles. The van der Waals surface area contributed by atoms with Gasteiger partial charge < -0.3 is 10.6 Å². The SMILES string of the molecule is CCC(NC(=O)CCNC(=O)c1ccc(Br)cc1)c1ccc(Cl)cc1. The third-order valence-electron chi connectivity index (χ3n) is 3.76. The Labute approximate surface area is 161 Å². The maximum Gasteiger partial charge on any atom is 0.251 e. The summed E-state index contributed by atoms with van der Waals surface area (Å²) in [5, 5.41) is 6.41. The molecule has 2 aromatic rings. The van der Waals surface area contributed by atoms with Gasteiger partial charge in [0.15, 0.2) is 0 Å². The molecule has 0 fully saturated rings. The minimum Gasteiger partial charge on any atom is -0.352 e. The summed E-state index contributed by atoms with van der Waals surface area (Å²) in [5.74, 6) is -0.289. The van der Waals surface area contributed by atoms with Crippen LogP contribution in [0.3, 0.4) is 0 Å². The predicted octanol–water partition coefficient (Wildman–Crippen LogP) is 4.49. The standard InChI is InChI=1S/C19H20BrClN2O2/c1-2-17(13-5-9-16(21)10-6-13)23-18(24)11-12-22-19(25)14-3-7-15(20)8-4-14/h3-10,17H,2,11-12H2,1H3,(H,22,25)(H,23,24). The van der Waals surface area contributed by atoms with Gasteiger partial charge in [-0.1, -0.05) is 46.6 Å². The maximum atomic E-state index is 12.1. The van der Waals surface area contributed by atoms with Crippen molar-refractivity contribution in [1.29, 1.82) is 0 Å². The molecule has 2 rings (SSSR count). The molecule has 2 N–H and O–H groups in total. The van der Waals surface area contributed by atoms with Crippen LogP contribution in [0.25, 0.3) is 0 Å².